The van der Waals surface area contributed by atoms with E-state index in [2.05, 4.69) is 5.16 Å². The lowest BCUT2D eigenvalue weighted by molar-refractivity contribution is -0.132. The lowest BCUT2D eigenvalue weighted by atomic mass is 9.93. The molecule has 1 atom stereocenters. The highest BCUT2D eigenvalue weighted by Gasteiger charge is 2.44. The molecule has 1 unspecified atom stereocenters. The summed E-state index contributed by atoms with van der Waals surface area (Å²) in [7, 11) is 1.30. The fourth-order valence-corrected chi connectivity index (χ4v) is 1.60. The van der Waals surface area contributed by atoms with Gasteiger partial charge >= 0.3 is 6.03 Å². The van der Waals surface area contributed by atoms with E-state index in [1.807, 2.05) is 20.8 Å². The van der Waals surface area contributed by atoms with E-state index in [-0.39, 0.29) is 11.2 Å². The van der Waals surface area contributed by atoms with Crippen LogP contribution in [0.1, 0.15) is 26.5 Å². The van der Waals surface area contributed by atoms with Crippen molar-refractivity contribution in [3.63, 3.8) is 0 Å². The normalized spacial score (nSPS) is 21.1. The molecule has 1 aliphatic heterocycles. The highest BCUT2D eigenvalue weighted by molar-refractivity contribution is 6.12. The molecule has 0 spiro atoms. The molecule has 7 heteroatoms. The van der Waals surface area contributed by atoms with Gasteiger partial charge in [-0.1, -0.05) is 25.9 Å². The molecule has 2 rings (SSSR count). The van der Waals surface area contributed by atoms with Gasteiger partial charge in [0.05, 0.1) is 0 Å². The van der Waals surface area contributed by atoms with Crippen LogP contribution in [0.25, 0.3) is 0 Å². The fourth-order valence-electron chi connectivity index (χ4n) is 1.60. The average molecular weight is 253 g/mol. The molecule has 0 bridgehead atoms. The third kappa shape index (κ3) is 1.76. The van der Waals surface area contributed by atoms with Crippen molar-refractivity contribution in [1.82, 2.24) is 10.1 Å². The Labute approximate surface area is 104 Å². The number of anilines is 1. The molecule has 1 aromatic heterocycles. The quantitative estimate of drug-likeness (QED) is 0.744. The van der Waals surface area contributed by atoms with E-state index in [9.17, 15) is 14.7 Å². The van der Waals surface area contributed by atoms with Crippen molar-refractivity contribution in [2.75, 3.05) is 11.9 Å². The molecule has 1 saturated heterocycles. The van der Waals surface area contributed by atoms with Crippen LogP contribution in [0.15, 0.2) is 10.6 Å². The van der Waals surface area contributed by atoms with Crippen LogP contribution in [0.3, 0.4) is 0 Å². The van der Waals surface area contributed by atoms with Gasteiger partial charge in [0, 0.05) is 18.5 Å². The maximum absolute atomic E-state index is 11.8. The number of carbonyl (C=O) groups excluding carboxylic acids is 2. The maximum atomic E-state index is 11.8. The number of urea groups is 1. The summed E-state index contributed by atoms with van der Waals surface area (Å²) in [5, 5.41) is 13.4. The molecule has 98 valence electrons. The molecule has 2 heterocycles. The predicted octanol–water partition coefficient (Wildman–Crippen LogP) is 0.689. The summed E-state index contributed by atoms with van der Waals surface area (Å²) in [6.45, 7) is 5.78. The Bertz CT molecular complexity index is 503. The van der Waals surface area contributed by atoms with E-state index in [4.69, 9.17) is 4.52 Å². The van der Waals surface area contributed by atoms with Crippen LogP contribution in [0.2, 0.25) is 0 Å². The standard InChI is InChI=1S/C11H15N3O4/c1-11(2,3)6-5-7(12-18-6)14-9(16)8(15)13(4)10(14)17/h5,9,16H,1-4H3. The van der Waals surface area contributed by atoms with Crippen LogP contribution in [-0.4, -0.2) is 40.4 Å². The lowest BCUT2D eigenvalue weighted by Gasteiger charge is -2.14. The molecule has 7 nitrogen and oxygen atoms in total. The first-order valence-corrected chi connectivity index (χ1v) is 5.49. The highest BCUT2D eigenvalue weighted by atomic mass is 16.5. The Hall–Kier alpha value is -1.89. The van der Waals surface area contributed by atoms with E-state index in [0.717, 1.165) is 9.80 Å². The van der Waals surface area contributed by atoms with Crippen LogP contribution in [0.4, 0.5) is 10.6 Å². The molecule has 1 aliphatic rings. The van der Waals surface area contributed by atoms with Crippen molar-refractivity contribution in [3.05, 3.63) is 11.8 Å². The molecular formula is C11H15N3O4. The largest absolute Gasteiger partial charge is 0.365 e. The zero-order valence-corrected chi connectivity index (χ0v) is 10.7. The molecule has 1 fully saturated rings. The van der Waals surface area contributed by atoms with Gasteiger partial charge in [0.25, 0.3) is 5.91 Å². The lowest BCUT2D eigenvalue weighted by Crippen LogP contribution is -2.35. The van der Waals surface area contributed by atoms with Crippen molar-refractivity contribution in [2.45, 2.75) is 32.4 Å². The molecule has 1 N–H and O–H groups in total. The van der Waals surface area contributed by atoms with E-state index in [0.29, 0.717) is 5.76 Å². The summed E-state index contributed by atoms with van der Waals surface area (Å²) >= 11 is 0. The van der Waals surface area contributed by atoms with Crippen molar-refractivity contribution >= 4 is 17.8 Å². The zero-order valence-electron chi connectivity index (χ0n) is 10.7. The average Bonchev–Trinajstić information content (AvgIpc) is 2.81. The number of imide groups is 1. The number of aliphatic hydroxyl groups excluding tert-OH is 1. The van der Waals surface area contributed by atoms with E-state index in [1.165, 1.54) is 7.05 Å². The van der Waals surface area contributed by atoms with Crippen molar-refractivity contribution in [2.24, 2.45) is 0 Å². The van der Waals surface area contributed by atoms with Gasteiger partial charge in [0.2, 0.25) is 6.23 Å². The number of likely N-dealkylation sites (N-methyl/N-ethyl adjacent to an activating group) is 1. The number of rotatable bonds is 1. The van der Waals surface area contributed by atoms with Gasteiger partial charge in [0.1, 0.15) is 5.76 Å². The summed E-state index contributed by atoms with van der Waals surface area (Å²) in [5.41, 5.74) is -0.269. The Morgan fingerprint density at radius 3 is 2.39 bits per heavy atom. The van der Waals surface area contributed by atoms with Crippen LogP contribution in [-0.2, 0) is 10.2 Å². The first kappa shape index (κ1) is 12.6. The Morgan fingerprint density at radius 2 is 2.00 bits per heavy atom. The summed E-state index contributed by atoms with van der Waals surface area (Å²) in [6.07, 6.45) is -1.54. The number of amides is 3. The Morgan fingerprint density at radius 1 is 1.39 bits per heavy atom. The zero-order chi connectivity index (χ0) is 13.7. The van der Waals surface area contributed by atoms with Crippen LogP contribution < -0.4 is 4.90 Å². The number of aliphatic hydroxyl groups is 1. The third-order valence-electron chi connectivity index (χ3n) is 2.77. The minimum atomic E-state index is -1.54. The SMILES string of the molecule is CN1C(=O)C(O)N(c2cc(C(C)(C)C)on2)C1=O. The molecule has 18 heavy (non-hydrogen) atoms. The van der Waals surface area contributed by atoms with Gasteiger partial charge in [-0.25, -0.2) is 9.69 Å². The number of hydrogen-bond donors (Lipinski definition) is 1. The van der Waals surface area contributed by atoms with Crippen LogP contribution in [0, 0.1) is 0 Å². The number of aromatic nitrogens is 1. The first-order valence-electron chi connectivity index (χ1n) is 5.49. The number of nitrogens with zero attached hydrogens (tertiary/aromatic N) is 3. The smallest absolute Gasteiger partial charge is 0.334 e. The number of hydrogen-bond acceptors (Lipinski definition) is 5. The summed E-state index contributed by atoms with van der Waals surface area (Å²) in [5.74, 6) is 0.0231. The van der Waals surface area contributed by atoms with Crippen LogP contribution in [0.5, 0.6) is 0 Å². The monoisotopic (exact) mass is 253 g/mol. The van der Waals surface area contributed by atoms with Crippen molar-refractivity contribution in [1.29, 1.82) is 0 Å². The summed E-state index contributed by atoms with van der Waals surface area (Å²) < 4.78 is 5.12. The first-order chi connectivity index (χ1) is 8.23. The van der Waals surface area contributed by atoms with Gasteiger partial charge < -0.3 is 9.63 Å². The van der Waals surface area contributed by atoms with Crippen molar-refractivity contribution in [3.8, 4) is 0 Å². The van der Waals surface area contributed by atoms with Gasteiger partial charge in [-0.2, -0.15) is 0 Å². The second-order valence-electron chi connectivity index (χ2n) is 5.22. The van der Waals surface area contributed by atoms with Gasteiger partial charge in [-0.3, -0.25) is 9.69 Å². The summed E-state index contributed by atoms with van der Waals surface area (Å²) in [6, 6.07) is 0.925. The second kappa shape index (κ2) is 3.81. The van der Waals surface area contributed by atoms with Gasteiger partial charge in [-0.05, 0) is 0 Å². The molecule has 1 aromatic rings. The Kier molecular flexibility index (Phi) is 2.66. The molecule has 3 amide bonds. The second-order valence-corrected chi connectivity index (χ2v) is 5.22. The summed E-state index contributed by atoms with van der Waals surface area (Å²) in [4.78, 5) is 25.0. The topological polar surface area (TPSA) is 86.9 Å². The molecular weight excluding hydrogens is 238 g/mol. The van der Waals surface area contributed by atoms with Crippen LogP contribution >= 0.6 is 0 Å². The number of carbonyl (C=O) groups is 2. The maximum Gasteiger partial charge on any atom is 0.334 e. The van der Waals surface area contributed by atoms with E-state index in [1.54, 1.807) is 6.07 Å². The Balaban J connectivity index is 2.36. The van der Waals surface area contributed by atoms with Crippen molar-refractivity contribution < 1.29 is 19.2 Å². The molecule has 0 aliphatic carbocycles. The molecule has 0 radical (unpaired) electrons. The minimum absolute atomic E-state index is 0.134. The van der Waals surface area contributed by atoms with E-state index >= 15 is 0 Å². The van der Waals surface area contributed by atoms with Gasteiger partial charge in [-0.15, -0.1) is 0 Å². The third-order valence-corrected chi connectivity index (χ3v) is 2.77. The highest BCUT2D eigenvalue weighted by Crippen LogP contribution is 2.29. The van der Waals surface area contributed by atoms with Gasteiger partial charge in [0.15, 0.2) is 5.82 Å². The van der Waals surface area contributed by atoms with E-state index < -0.39 is 18.2 Å². The minimum Gasteiger partial charge on any atom is -0.365 e. The predicted molar refractivity (Wildman–Crippen MR) is 61.9 cm³/mol. The molecule has 0 aromatic carbocycles. The fraction of sp³-hybridized carbons (Fsp3) is 0.545. The molecule has 0 saturated carbocycles.